The van der Waals surface area contributed by atoms with Crippen LogP contribution in [0.3, 0.4) is 0 Å². The molecule has 0 aliphatic rings. The molecule has 0 atom stereocenters. The van der Waals surface area contributed by atoms with Crippen molar-refractivity contribution >= 4 is 0 Å². The lowest BCUT2D eigenvalue weighted by Crippen LogP contribution is -2.03. The Labute approximate surface area is 93.0 Å². The Morgan fingerprint density at radius 2 is 2.06 bits per heavy atom. The molecule has 2 heterocycles. The molecular weight excluding hydrogens is 200 g/mol. The maximum atomic E-state index is 8.89. The highest BCUT2D eigenvalue weighted by Gasteiger charge is 2.05. The Kier molecular flexibility index (Phi) is 2.67. The fourth-order valence-corrected chi connectivity index (χ4v) is 1.50. The van der Waals surface area contributed by atoms with E-state index in [0.29, 0.717) is 17.9 Å². The fraction of sp³-hybridized carbons (Fsp3) is 0.0833. The number of hydrogen-bond donors (Lipinski definition) is 0. The van der Waals surface area contributed by atoms with E-state index >= 15 is 0 Å². The summed E-state index contributed by atoms with van der Waals surface area (Å²) >= 11 is 0. The molecule has 0 spiro atoms. The number of nitrogens with zero attached hydrogens (tertiary/aromatic N) is 4. The molecule has 0 bridgehead atoms. The van der Waals surface area contributed by atoms with Gasteiger partial charge in [-0.3, -0.25) is 0 Å². The van der Waals surface area contributed by atoms with Gasteiger partial charge in [0.2, 0.25) is 0 Å². The molecule has 4 nitrogen and oxygen atoms in total. The van der Waals surface area contributed by atoms with Gasteiger partial charge in [0, 0.05) is 18.0 Å². The molecule has 4 heteroatoms. The maximum Gasteiger partial charge on any atom is 0.145 e. The molecule has 0 unspecified atom stereocenters. The lowest BCUT2D eigenvalue weighted by Gasteiger charge is -2.05. The summed E-state index contributed by atoms with van der Waals surface area (Å²) in [5.41, 5.74) is 1.80. The summed E-state index contributed by atoms with van der Waals surface area (Å²) in [5, 5.41) is 17.7. The predicted molar refractivity (Wildman–Crippen MR) is 57.2 cm³/mol. The van der Waals surface area contributed by atoms with E-state index < -0.39 is 0 Å². The van der Waals surface area contributed by atoms with Crippen molar-refractivity contribution in [3.63, 3.8) is 0 Å². The molecule has 2 aromatic rings. The summed E-state index contributed by atoms with van der Waals surface area (Å²) in [4.78, 5) is 3.98. The van der Waals surface area contributed by atoms with Gasteiger partial charge in [-0.25, -0.2) is 4.98 Å². The van der Waals surface area contributed by atoms with Crippen molar-refractivity contribution < 1.29 is 0 Å². The molecule has 0 radical (unpaired) electrons. The Hall–Kier alpha value is -2.59. The third-order valence-corrected chi connectivity index (χ3v) is 2.28. The number of pyridine rings is 1. The van der Waals surface area contributed by atoms with E-state index in [9.17, 15) is 0 Å². The summed E-state index contributed by atoms with van der Waals surface area (Å²) in [7, 11) is 0. The second-order valence-electron chi connectivity index (χ2n) is 3.26. The van der Waals surface area contributed by atoms with Crippen molar-refractivity contribution in [3.8, 4) is 12.1 Å². The third-order valence-electron chi connectivity index (χ3n) is 2.28. The van der Waals surface area contributed by atoms with E-state index in [2.05, 4.69) is 11.1 Å². The molecule has 0 aromatic carbocycles. The van der Waals surface area contributed by atoms with Crippen LogP contribution in [0.5, 0.6) is 0 Å². The largest absolute Gasteiger partial charge is 0.335 e. The quantitative estimate of drug-likeness (QED) is 0.754. The zero-order chi connectivity index (χ0) is 11.4. The molecule has 0 fully saturated rings. The van der Waals surface area contributed by atoms with Gasteiger partial charge in [-0.15, -0.1) is 0 Å². The van der Waals surface area contributed by atoms with Crippen LogP contribution in [0.15, 0.2) is 36.7 Å². The fourth-order valence-electron chi connectivity index (χ4n) is 1.50. The van der Waals surface area contributed by atoms with Crippen LogP contribution in [-0.2, 0) is 6.54 Å². The number of nitriles is 2. The van der Waals surface area contributed by atoms with Crippen molar-refractivity contribution in [1.82, 2.24) is 9.55 Å². The normalized spacial score (nSPS) is 9.38. The first kappa shape index (κ1) is 9.95. The van der Waals surface area contributed by atoms with Crippen LogP contribution in [-0.4, -0.2) is 9.55 Å². The Bertz CT molecular complexity index is 584. The summed E-state index contributed by atoms with van der Waals surface area (Å²) in [6.07, 6.45) is 3.40. The average Bonchev–Trinajstić information content (AvgIpc) is 2.77. The standard InChI is InChI=1S/C12H8N4/c13-7-11-4-2-6-16(11)9-10-3-1-5-15-12(10)8-14/h1-6H,9H2. The van der Waals surface area contributed by atoms with Gasteiger partial charge in [0.15, 0.2) is 0 Å². The van der Waals surface area contributed by atoms with Crippen molar-refractivity contribution in [1.29, 1.82) is 10.5 Å². The van der Waals surface area contributed by atoms with Crippen molar-refractivity contribution in [2.75, 3.05) is 0 Å². The van der Waals surface area contributed by atoms with E-state index in [4.69, 9.17) is 10.5 Å². The topological polar surface area (TPSA) is 65.4 Å². The second kappa shape index (κ2) is 4.29. The van der Waals surface area contributed by atoms with Gasteiger partial charge in [0.25, 0.3) is 0 Å². The lowest BCUT2D eigenvalue weighted by molar-refractivity contribution is 0.786. The van der Waals surface area contributed by atoms with E-state index in [0.717, 1.165) is 5.56 Å². The lowest BCUT2D eigenvalue weighted by atomic mass is 10.2. The highest BCUT2D eigenvalue weighted by Crippen LogP contribution is 2.09. The van der Waals surface area contributed by atoms with Crippen LogP contribution in [0.2, 0.25) is 0 Å². The molecule has 0 saturated heterocycles. The monoisotopic (exact) mass is 208 g/mol. The zero-order valence-corrected chi connectivity index (χ0v) is 8.46. The first-order valence-corrected chi connectivity index (χ1v) is 4.74. The Balaban J connectivity index is 2.36. The van der Waals surface area contributed by atoms with Crippen LogP contribution in [0.25, 0.3) is 0 Å². The van der Waals surface area contributed by atoms with Gasteiger partial charge in [0.1, 0.15) is 23.5 Å². The molecule has 0 saturated carbocycles. The average molecular weight is 208 g/mol. The van der Waals surface area contributed by atoms with Crippen LogP contribution >= 0.6 is 0 Å². The number of hydrogen-bond acceptors (Lipinski definition) is 3. The molecule has 76 valence electrons. The molecule has 2 aromatic heterocycles. The molecule has 0 aliphatic heterocycles. The summed E-state index contributed by atoms with van der Waals surface area (Å²) in [5.74, 6) is 0. The van der Waals surface area contributed by atoms with Crippen LogP contribution in [0.1, 0.15) is 17.0 Å². The molecule has 16 heavy (non-hydrogen) atoms. The van der Waals surface area contributed by atoms with Gasteiger partial charge < -0.3 is 4.57 Å². The van der Waals surface area contributed by atoms with Crippen LogP contribution < -0.4 is 0 Å². The van der Waals surface area contributed by atoms with Gasteiger partial charge >= 0.3 is 0 Å². The minimum absolute atomic E-state index is 0.403. The smallest absolute Gasteiger partial charge is 0.145 e. The van der Waals surface area contributed by atoms with Gasteiger partial charge in [0.05, 0.1) is 6.54 Å². The molecule has 0 N–H and O–H groups in total. The van der Waals surface area contributed by atoms with Crippen molar-refractivity contribution in [2.24, 2.45) is 0 Å². The minimum Gasteiger partial charge on any atom is -0.335 e. The summed E-state index contributed by atoms with van der Waals surface area (Å²) in [6, 6.07) is 11.3. The Morgan fingerprint density at radius 1 is 1.19 bits per heavy atom. The Morgan fingerprint density at radius 3 is 2.81 bits per heavy atom. The maximum absolute atomic E-state index is 8.89. The van der Waals surface area contributed by atoms with Gasteiger partial charge in [-0.1, -0.05) is 6.07 Å². The van der Waals surface area contributed by atoms with E-state index in [1.165, 1.54) is 0 Å². The summed E-state index contributed by atoms with van der Waals surface area (Å²) in [6.45, 7) is 0.493. The first-order chi connectivity index (χ1) is 7.85. The van der Waals surface area contributed by atoms with Crippen molar-refractivity contribution in [2.45, 2.75) is 6.54 Å². The molecule has 2 rings (SSSR count). The first-order valence-electron chi connectivity index (χ1n) is 4.74. The van der Waals surface area contributed by atoms with Crippen molar-refractivity contribution in [3.05, 3.63) is 53.6 Å². The molecule has 0 amide bonds. The molecule has 0 aliphatic carbocycles. The third kappa shape index (κ3) is 1.77. The highest BCUT2D eigenvalue weighted by atomic mass is 15.0. The second-order valence-corrected chi connectivity index (χ2v) is 3.26. The van der Waals surface area contributed by atoms with Crippen LogP contribution in [0.4, 0.5) is 0 Å². The predicted octanol–water partition coefficient (Wildman–Crippen LogP) is 1.67. The number of rotatable bonds is 2. The van der Waals surface area contributed by atoms with E-state index in [1.54, 1.807) is 29.0 Å². The number of aromatic nitrogens is 2. The SMILES string of the molecule is N#Cc1ncccc1Cn1cccc1C#N. The molecular formula is C12H8N4. The van der Waals surface area contributed by atoms with Gasteiger partial charge in [-0.05, 0) is 18.2 Å². The van der Waals surface area contributed by atoms with Crippen LogP contribution in [0, 0.1) is 22.7 Å². The van der Waals surface area contributed by atoms with Gasteiger partial charge in [-0.2, -0.15) is 10.5 Å². The highest BCUT2D eigenvalue weighted by molar-refractivity contribution is 5.32. The minimum atomic E-state index is 0.403. The summed E-state index contributed by atoms with van der Waals surface area (Å²) < 4.78 is 1.79. The van der Waals surface area contributed by atoms with E-state index in [-0.39, 0.29) is 0 Å². The zero-order valence-electron chi connectivity index (χ0n) is 8.46. The van der Waals surface area contributed by atoms with E-state index in [1.807, 2.05) is 18.3 Å².